The van der Waals surface area contributed by atoms with Crippen LogP contribution in [0.4, 0.5) is 0 Å². The first-order valence-electron chi connectivity index (χ1n) is 4.03. The van der Waals surface area contributed by atoms with Crippen molar-refractivity contribution < 1.29 is 0 Å². The monoisotopic (exact) mass is 171 g/mol. The summed E-state index contributed by atoms with van der Waals surface area (Å²) in [5, 5.41) is 0. The number of likely N-dealkylation sites (tertiary alicyclic amines) is 1. The summed E-state index contributed by atoms with van der Waals surface area (Å²) in [6.45, 7) is 12.0. The van der Waals surface area contributed by atoms with Crippen LogP contribution in [0.25, 0.3) is 0 Å². The molecule has 0 spiro atoms. The van der Waals surface area contributed by atoms with E-state index in [2.05, 4.69) is 38.0 Å². The molecular formula is C9H17NS. The molecule has 11 heavy (non-hydrogen) atoms. The highest BCUT2D eigenvalue weighted by molar-refractivity contribution is 7.80. The van der Waals surface area contributed by atoms with E-state index in [1.165, 1.54) is 18.7 Å². The van der Waals surface area contributed by atoms with E-state index in [0.29, 0.717) is 5.41 Å². The van der Waals surface area contributed by atoms with Gasteiger partial charge in [0.2, 0.25) is 0 Å². The fourth-order valence-electron chi connectivity index (χ4n) is 1.64. The molecule has 0 aliphatic carbocycles. The van der Waals surface area contributed by atoms with Gasteiger partial charge < -0.3 is 0 Å². The predicted octanol–water partition coefficient (Wildman–Crippen LogP) is 1.81. The van der Waals surface area contributed by atoms with E-state index in [1.807, 2.05) is 0 Å². The molecule has 0 aromatic carbocycles. The van der Waals surface area contributed by atoms with Crippen molar-refractivity contribution in [1.82, 2.24) is 4.90 Å². The smallest absolute Gasteiger partial charge is 0.0198 e. The first-order valence-corrected chi connectivity index (χ1v) is 4.67. The topological polar surface area (TPSA) is 3.24 Å². The molecule has 1 aliphatic heterocycles. The Morgan fingerprint density at radius 1 is 1.55 bits per heavy atom. The molecule has 0 bridgehead atoms. The van der Waals surface area contributed by atoms with Crippen molar-refractivity contribution in [2.24, 2.45) is 5.41 Å². The van der Waals surface area contributed by atoms with Crippen LogP contribution in [-0.4, -0.2) is 30.3 Å². The van der Waals surface area contributed by atoms with E-state index in [4.69, 9.17) is 0 Å². The van der Waals surface area contributed by atoms with Crippen LogP contribution in [0.15, 0.2) is 12.2 Å². The maximum absolute atomic E-state index is 4.17. The highest BCUT2D eigenvalue weighted by Gasteiger charge is 2.33. The summed E-state index contributed by atoms with van der Waals surface area (Å²) < 4.78 is 0. The van der Waals surface area contributed by atoms with E-state index in [0.717, 1.165) is 12.3 Å². The number of rotatable bonds is 3. The molecule has 1 fully saturated rings. The Balaban J connectivity index is 2.19. The zero-order valence-corrected chi connectivity index (χ0v) is 8.32. The first kappa shape index (κ1) is 9.14. The fraction of sp³-hybridized carbons (Fsp3) is 0.778. The summed E-state index contributed by atoms with van der Waals surface area (Å²) >= 11 is 4.17. The van der Waals surface area contributed by atoms with Gasteiger partial charge in [-0.15, -0.1) is 0 Å². The van der Waals surface area contributed by atoms with Gasteiger partial charge in [-0.1, -0.05) is 26.0 Å². The van der Waals surface area contributed by atoms with Crippen LogP contribution in [0.5, 0.6) is 0 Å². The van der Waals surface area contributed by atoms with Crippen molar-refractivity contribution in [2.75, 3.05) is 25.4 Å². The van der Waals surface area contributed by atoms with E-state index in [-0.39, 0.29) is 0 Å². The molecule has 0 radical (unpaired) electrons. The molecule has 0 unspecified atom stereocenters. The van der Waals surface area contributed by atoms with Crippen LogP contribution in [0, 0.1) is 5.41 Å². The van der Waals surface area contributed by atoms with Crippen molar-refractivity contribution in [3.05, 3.63) is 12.2 Å². The van der Waals surface area contributed by atoms with Gasteiger partial charge in [0.05, 0.1) is 0 Å². The Kier molecular flexibility index (Phi) is 2.66. The van der Waals surface area contributed by atoms with E-state index < -0.39 is 0 Å². The minimum atomic E-state index is 0.539. The quantitative estimate of drug-likeness (QED) is 0.501. The minimum absolute atomic E-state index is 0.539. The van der Waals surface area contributed by atoms with Crippen LogP contribution < -0.4 is 0 Å². The third-order valence-electron chi connectivity index (χ3n) is 1.97. The average molecular weight is 171 g/mol. The second-order valence-corrected chi connectivity index (χ2v) is 4.53. The molecule has 2 heteroatoms. The lowest BCUT2D eigenvalue weighted by Crippen LogP contribution is -2.53. The van der Waals surface area contributed by atoms with E-state index >= 15 is 0 Å². The summed E-state index contributed by atoms with van der Waals surface area (Å²) in [7, 11) is 0. The largest absolute Gasteiger partial charge is 0.298 e. The third-order valence-corrected chi connectivity index (χ3v) is 2.42. The molecule has 1 heterocycles. The summed E-state index contributed by atoms with van der Waals surface area (Å²) in [6.07, 6.45) is 0. The second-order valence-electron chi connectivity index (χ2n) is 4.22. The van der Waals surface area contributed by atoms with Crippen LogP contribution >= 0.6 is 12.6 Å². The zero-order chi connectivity index (χ0) is 8.48. The molecular weight excluding hydrogens is 154 g/mol. The van der Waals surface area contributed by atoms with Crippen LogP contribution in [-0.2, 0) is 0 Å². The molecule has 0 aromatic rings. The number of thiol groups is 1. The van der Waals surface area contributed by atoms with Gasteiger partial charge in [-0.3, -0.25) is 4.90 Å². The third kappa shape index (κ3) is 2.53. The summed E-state index contributed by atoms with van der Waals surface area (Å²) in [5.41, 5.74) is 1.76. The summed E-state index contributed by atoms with van der Waals surface area (Å²) in [6, 6.07) is 0. The maximum atomic E-state index is 4.17. The van der Waals surface area contributed by atoms with Crippen molar-refractivity contribution >= 4 is 12.6 Å². The molecule has 1 rings (SSSR count). The van der Waals surface area contributed by atoms with Gasteiger partial charge >= 0.3 is 0 Å². The van der Waals surface area contributed by atoms with Gasteiger partial charge in [0.15, 0.2) is 0 Å². The zero-order valence-electron chi connectivity index (χ0n) is 7.43. The lowest BCUT2D eigenvalue weighted by atomic mass is 9.84. The molecule has 0 atom stereocenters. The molecule has 1 aliphatic rings. The second kappa shape index (κ2) is 3.20. The highest BCUT2D eigenvalue weighted by atomic mass is 32.1. The molecule has 0 saturated carbocycles. The van der Waals surface area contributed by atoms with Crippen LogP contribution in [0.2, 0.25) is 0 Å². The van der Waals surface area contributed by atoms with Gasteiger partial charge in [0.25, 0.3) is 0 Å². The van der Waals surface area contributed by atoms with Crippen LogP contribution in [0.1, 0.15) is 13.8 Å². The number of hydrogen-bond donors (Lipinski definition) is 1. The Hall–Kier alpha value is 0.0500. The van der Waals surface area contributed by atoms with Gasteiger partial charge in [-0.05, 0) is 5.41 Å². The summed E-state index contributed by atoms with van der Waals surface area (Å²) in [4.78, 5) is 2.42. The maximum Gasteiger partial charge on any atom is 0.0198 e. The lowest BCUT2D eigenvalue weighted by molar-refractivity contribution is 0.0403. The number of hydrogen-bond acceptors (Lipinski definition) is 2. The Labute approximate surface area is 74.9 Å². The average Bonchev–Trinajstić information content (AvgIpc) is 1.83. The van der Waals surface area contributed by atoms with Gasteiger partial charge in [-0.25, -0.2) is 0 Å². The van der Waals surface area contributed by atoms with Crippen LogP contribution in [0.3, 0.4) is 0 Å². The molecule has 1 nitrogen and oxygen atoms in total. The Morgan fingerprint density at radius 2 is 2.09 bits per heavy atom. The van der Waals surface area contributed by atoms with Gasteiger partial charge in [-0.2, -0.15) is 12.6 Å². The molecule has 0 aromatic heterocycles. The van der Waals surface area contributed by atoms with Crippen molar-refractivity contribution in [1.29, 1.82) is 0 Å². The normalized spacial score (nSPS) is 22.8. The summed E-state index contributed by atoms with van der Waals surface area (Å²) in [5.74, 6) is 0.816. The minimum Gasteiger partial charge on any atom is -0.298 e. The molecule has 0 N–H and O–H groups in total. The standard InChI is InChI=1S/C9H17NS/c1-8(5-11)4-10-6-9(2,3)7-10/h11H,1,4-7H2,2-3H3. The van der Waals surface area contributed by atoms with Gasteiger partial charge in [0.1, 0.15) is 0 Å². The number of nitrogens with zero attached hydrogens (tertiary/aromatic N) is 1. The molecule has 0 amide bonds. The van der Waals surface area contributed by atoms with Crippen molar-refractivity contribution in [3.8, 4) is 0 Å². The Bertz CT molecular complexity index is 155. The first-order chi connectivity index (χ1) is 5.03. The van der Waals surface area contributed by atoms with Crippen molar-refractivity contribution in [2.45, 2.75) is 13.8 Å². The molecule has 64 valence electrons. The van der Waals surface area contributed by atoms with E-state index in [9.17, 15) is 0 Å². The highest BCUT2D eigenvalue weighted by Crippen LogP contribution is 2.28. The fourth-order valence-corrected chi connectivity index (χ4v) is 1.74. The molecule has 1 saturated heterocycles. The van der Waals surface area contributed by atoms with Crippen molar-refractivity contribution in [3.63, 3.8) is 0 Å². The van der Waals surface area contributed by atoms with E-state index in [1.54, 1.807) is 0 Å². The van der Waals surface area contributed by atoms with Gasteiger partial charge in [0, 0.05) is 25.4 Å². The predicted molar refractivity (Wildman–Crippen MR) is 53.2 cm³/mol. The Morgan fingerprint density at radius 3 is 2.45 bits per heavy atom. The SMILES string of the molecule is C=C(CS)CN1CC(C)(C)C1. The lowest BCUT2D eigenvalue weighted by Gasteiger charge is -2.46.